The molecule has 36 heavy (non-hydrogen) atoms. The molecule has 12 nitrogen and oxygen atoms in total. The third-order valence-electron chi connectivity index (χ3n) is 4.97. The molecule has 0 aliphatic carbocycles. The molecular formula is C22H24BrN3O9S. The van der Waals surface area contributed by atoms with Gasteiger partial charge in [0.05, 0.1) is 4.90 Å². The summed E-state index contributed by atoms with van der Waals surface area (Å²) in [6.07, 6.45) is -2.15. The van der Waals surface area contributed by atoms with Crippen LogP contribution in [0.4, 0.5) is 5.82 Å². The highest BCUT2D eigenvalue weighted by Gasteiger charge is 2.51. The number of anilines is 1. The molecule has 1 aliphatic rings. The minimum absolute atomic E-state index is 0.0601. The number of benzene rings is 1. The SMILES string of the molecule is CC(=O)OC[C@H]1O[C@@H](Nc2nc(=O)[nH]cc2C=CBr)[C@H](OC(C)=O)[C@H]1OS(=O)(=O)c1ccc(C)cc1. The van der Waals surface area contributed by atoms with E-state index in [4.69, 9.17) is 18.4 Å². The molecule has 2 heterocycles. The van der Waals surface area contributed by atoms with E-state index in [9.17, 15) is 22.8 Å². The van der Waals surface area contributed by atoms with Crippen molar-refractivity contribution in [3.63, 3.8) is 0 Å². The summed E-state index contributed by atoms with van der Waals surface area (Å²) in [7, 11) is -4.35. The Kier molecular flexibility index (Phi) is 9.00. The van der Waals surface area contributed by atoms with Crippen LogP contribution in [0, 0.1) is 6.92 Å². The van der Waals surface area contributed by atoms with Gasteiger partial charge in [-0.3, -0.25) is 13.8 Å². The Morgan fingerprint density at radius 1 is 1.19 bits per heavy atom. The highest BCUT2D eigenvalue weighted by Crippen LogP contribution is 2.31. The number of halogens is 1. The lowest BCUT2D eigenvalue weighted by atomic mass is 10.1. The first-order valence-electron chi connectivity index (χ1n) is 10.6. The smallest absolute Gasteiger partial charge is 0.346 e. The van der Waals surface area contributed by atoms with Gasteiger partial charge in [-0.2, -0.15) is 13.4 Å². The Hall–Kier alpha value is -3.07. The van der Waals surface area contributed by atoms with Crippen LogP contribution in [-0.2, 0) is 38.1 Å². The number of aromatic amines is 1. The van der Waals surface area contributed by atoms with Crippen molar-refractivity contribution in [3.8, 4) is 0 Å². The Morgan fingerprint density at radius 3 is 2.50 bits per heavy atom. The summed E-state index contributed by atoms with van der Waals surface area (Å²) in [6.45, 7) is 3.71. The van der Waals surface area contributed by atoms with Gasteiger partial charge in [0.1, 0.15) is 24.6 Å². The third kappa shape index (κ3) is 7.00. The molecule has 1 fully saturated rings. The minimum atomic E-state index is -4.35. The van der Waals surface area contributed by atoms with Crippen molar-refractivity contribution in [1.29, 1.82) is 0 Å². The van der Waals surface area contributed by atoms with E-state index in [-0.39, 0.29) is 10.7 Å². The first kappa shape index (κ1) is 27.5. The molecule has 1 saturated heterocycles. The summed E-state index contributed by atoms with van der Waals surface area (Å²) < 4.78 is 47.9. The zero-order valence-electron chi connectivity index (χ0n) is 19.5. The summed E-state index contributed by atoms with van der Waals surface area (Å²) in [5, 5.41) is 2.85. The molecule has 0 radical (unpaired) electrons. The first-order valence-corrected chi connectivity index (χ1v) is 12.9. The number of hydrogen-bond donors (Lipinski definition) is 2. The van der Waals surface area contributed by atoms with Crippen LogP contribution in [0.2, 0.25) is 0 Å². The summed E-state index contributed by atoms with van der Waals surface area (Å²) in [5.74, 6) is -1.32. The maximum Gasteiger partial charge on any atom is 0.346 e. The highest BCUT2D eigenvalue weighted by atomic mass is 79.9. The van der Waals surface area contributed by atoms with Crippen molar-refractivity contribution in [2.75, 3.05) is 11.9 Å². The predicted octanol–water partition coefficient (Wildman–Crippen LogP) is 1.85. The average molecular weight is 586 g/mol. The van der Waals surface area contributed by atoms with Crippen molar-refractivity contribution >= 4 is 49.9 Å². The molecule has 2 aromatic rings. The summed E-state index contributed by atoms with van der Waals surface area (Å²) in [6, 6.07) is 5.95. The Bertz CT molecular complexity index is 1290. The molecule has 0 saturated carbocycles. The number of hydrogen-bond acceptors (Lipinski definition) is 11. The molecule has 0 unspecified atom stereocenters. The van der Waals surface area contributed by atoms with Gasteiger partial charge in [0.2, 0.25) is 0 Å². The molecule has 194 valence electrons. The van der Waals surface area contributed by atoms with Crippen molar-refractivity contribution in [2.24, 2.45) is 0 Å². The molecule has 1 aliphatic heterocycles. The molecule has 14 heteroatoms. The molecular weight excluding hydrogens is 562 g/mol. The topological polar surface area (TPSA) is 163 Å². The summed E-state index contributed by atoms with van der Waals surface area (Å²) >= 11 is 3.15. The normalized spacial score (nSPS) is 21.9. The molecule has 1 aromatic heterocycles. The predicted molar refractivity (Wildman–Crippen MR) is 131 cm³/mol. The molecule has 0 spiro atoms. The van der Waals surface area contributed by atoms with Gasteiger partial charge < -0.3 is 24.5 Å². The highest BCUT2D eigenvalue weighted by molar-refractivity contribution is 9.11. The van der Waals surface area contributed by atoms with E-state index >= 15 is 0 Å². The van der Waals surface area contributed by atoms with Gasteiger partial charge >= 0.3 is 17.6 Å². The maximum absolute atomic E-state index is 13.0. The summed E-state index contributed by atoms with van der Waals surface area (Å²) in [5.41, 5.74) is 0.605. The van der Waals surface area contributed by atoms with Crippen LogP contribution in [0.1, 0.15) is 25.0 Å². The lowest BCUT2D eigenvalue weighted by Gasteiger charge is -2.24. The van der Waals surface area contributed by atoms with Crippen LogP contribution in [0.3, 0.4) is 0 Å². The van der Waals surface area contributed by atoms with Gasteiger partial charge in [-0.15, -0.1) is 0 Å². The second-order valence-corrected chi connectivity index (χ2v) is 9.85. The standard InChI is InChI=1S/C22H24BrN3O9S/c1-12-4-6-16(7-5-12)36(30,31)35-18-17(11-32-13(2)27)34-21(19(18)33-14(3)28)25-20-15(8-9-23)10-24-22(29)26-20/h4-10,17-19,21H,11H2,1-3H3,(H2,24,25,26,29)/t17-,18+,19-,21-/m1/s1. The van der Waals surface area contributed by atoms with E-state index in [0.717, 1.165) is 12.5 Å². The Morgan fingerprint density at radius 2 is 1.89 bits per heavy atom. The van der Waals surface area contributed by atoms with Gasteiger partial charge in [-0.25, -0.2) is 4.79 Å². The fourth-order valence-corrected chi connectivity index (χ4v) is 4.76. The number of esters is 2. The molecule has 1 aromatic carbocycles. The van der Waals surface area contributed by atoms with E-state index in [1.165, 1.54) is 30.2 Å². The van der Waals surface area contributed by atoms with Crippen LogP contribution in [0.5, 0.6) is 0 Å². The number of aromatic nitrogens is 2. The van der Waals surface area contributed by atoms with E-state index in [1.54, 1.807) is 25.1 Å². The van der Waals surface area contributed by atoms with Crippen LogP contribution in [0.15, 0.2) is 45.1 Å². The first-order chi connectivity index (χ1) is 17.0. The van der Waals surface area contributed by atoms with Crippen molar-refractivity contribution in [1.82, 2.24) is 9.97 Å². The van der Waals surface area contributed by atoms with Crippen molar-refractivity contribution < 1.29 is 36.4 Å². The number of ether oxygens (including phenoxy) is 3. The number of carbonyl (C=O) groups excluding carboxylic acids is 2. The lowest BCUT2D eigenvalue weighted by Crippen LogP contribution is -2.43. The average Bonchev–Trinajstić information content (AvgIpc) is 3.09. The fourth-order valence-electron chi connectivity index (χ4n) is 3.37. The monoisotopic (exact) mass is 585 g/mol. The third-order valence-corrected chi connectivity index (χ3v) is 6.56. The number of rotatable bonds is 9. The van der Waals surface area contributed by atoms with Crippen LogP contribution in [-0.4, -0.2) is 61.5 Å². The quantitative estimate of drug-likeness (QED) is 0.326. The van der Waals surface area contributed by atoms with E-state index in [0.29, 0.717) is 5.56 Å². The van der Waals surface area contributed by atoms with Crippen molar-refractivity contribution in [3.05, 3.63) is 57.1 Å². The van der Waals surface area contributed by atoms with E-state index < -0.39 is 58.9 Å². The lowest BCUT2D eigenvalue weighted by molar-refractivity contribution is -0.151. The van der Waals surface area contributed by atoms with E-state index in [2.05, 4.69) is 31.2 Å². The molecule has 4 atom stereocenters. The van der Waals surface area contributed by atoms with Crippen LogP contribution >= 0.6 is 15.9 Å². The van der Waals surface area contributed by atoms with Gasteiger partial charge in [0, 0.05) is 25.6 Å². The van der Waals surface area contributed by atoms with Gasteiger partial charge in [-0.1, -0.05) is 33.6 Å². The van der Waals surface area contributed by atoms with E-state index in [1.807, 2.05) is 0 Å². The minimum Gasteiger partial charge on any atom is -0.463 e. The largest absolute Gasteiger partial charge is 0.463 e. The molecule has 3 rings (SSSR count). The summed E-state index contributed by atoms with van der Waals surface area (Å²) in [4.78, 5) is 42.9. The number of aryl methyl sites for hydroxylation is 1. The number of nitrogens with zero attached hydrogens (tertiary/aromatic N) is 1. The number of carbonyl (C=O) groups is 2. The van der Waals surface area contributed by atoms with Gasteiger partial charge in [0.25, 0.3) is 10.1 Å². The Labute approximate surface area is 215 Å². The molecule has 0 bridgehead atoms. The number of nitrogens with one attached hydrogen (secondary N) is 2. The van der Waals surface area contributed by atoms with Gasteiger partial charge in [0.15, 0.2) is 12.3 Å². The number of H-pyrrole nitrogens is 1. The molecule has 0 amide bonds. The van der Waals surface area contributed by atoms with Crippen molar-refractivity contribution in [2.45, 2.75) is 50.2 Å². The zero-order chi connectivity index (χ0) is 26.5. The van der Waals surface area contributed by atoms with Crippen LogP contribution in [0.25, 0.3) is 6.08 Å². The van der Waals surface area contributed by atoms with Crippen LogP contribution < -0.4 is 11.0 Å². The maximum atomic E-state index is 13.0. The van der Waals surface area contributed by atoms with Gasteiger partial charge in [-0.05, 0) is 30.1 Å². The second-order valence-electron chi connectivity index (χ2n) is 7.75. The second kappa shape index (κ2) is 11.8. The molecule has 2 N–H and O–H groups in total. The Balaban J connectivity index is 1.99. The zero-order valence-corrected chi connectivity index (χ0v) is 21.9. The fraction of sp³-hybridized carbons (Fsp3) is 0.364.